The molecule has 1 aromatic carbocycles. The van der Waals surface area contributed by atoms with E-state index < -0.39 is 27.4 Å². The lowest BCUT2D eigenvalue weighted by molar-refractivity contribution is -0.154. The highest BCUT2D eigenvalue weighted by Crippen LogP contribution is 2.65. The number of aryl methyl sites for hydroxylation is 2. The Bertz CT molecular complexity index is 1160. The van der Waals surface area contributed by atoms with E-state index in [1.807, 2.05) is 51.1 Å². The van der Waals surface area contributed by atoms with Gasteiger partial charge in [-0.25, -0.2) is 0 Å². The first-order valence-electron chi connectivity index (χ1n) is 13.3. The number of thioether (sulfide) groups is 1. The average Bonchev–Trinajstić information content (AvgIpc) is 3.20. The summed E-state index contributed by atoms with van der Waals surface area (Å²) in [6.45, 7) is 7.11. The van der Waals surface area contributed by atoms with E-state index in [1.165, 1.54) is 0 Å². The van der Waals surface area contributed by atoms with Crippen LogP contribution < -0.4 is 4.90 Å². The van der Waals surface area contributed by atoms with Gasteiger partial charge >= 0.3 is 5.97 Å². The fourth-order valence-corrected chi connectivity index (χ4v) is 8.65. The smallest absolute Gasteiger partial charge is 0.311 e. The second-order valence-electron chi connectivity index (χ2n) is 10.8. The molecular weight excluding hydrogens is 488 g/mol. The molecule has 4 aliphatic heterocycles. The Labute approximate surface area is 222 Å². The molecule has 0 aliphatic carbocycles. The number of unbranched alkanes of at least 4 members (excludes halogenated alkanes) is 1. The fraction of sp³-hybridized carbons (Fsp3) is 0.552. The summed E-state index contributed by atoms with van der Waals surface area (Å²) < 4.78 is 4.11. The van der Waals surface area contributed by atoms with Crippen molar-refractivity contribution in [3.8, 4) is 0 Å². The van der Waals surface area contributed by atoms with Crippen molar-refractivity contribution in [3.05, 3.63) is 53.6 Å². The summed E-state index contributed by atoms with van der Waals surface area (Å²) in [5.41, 5.74) is 2.89. The van der Waals surface area contributed by atoms with Gasteiger partial charge in [0, 0.05) is 30.1 Å². The zero-order valence-corrected chi connectivity index (χ0v) is 22.6. The van der Waals surface area contributed by atoms with Gasteiger partial charge in [0.25, 0.3) is 5.91 Å². The van der Waals surface area contributed by atoms with Crippen LogP contribution in [0.3, 0.4) is 0 Å². The van der Waals surface area contributed by atoms with Gasteiger partial charge in [0.15, 0.2) is 0 Å². The number of anilines is 1. The topological polar surface area (TPSA) is 87.2 Å². The Hall–Kier alpha value is -2.58. The number of allylic oxidation sites excluding steroid dienone is 1. The van der Waals surface area contributed by atoms with Gasteiger partial charge in [-0.3, -0.25) is 14.4 Å². The van der Waals surface area contributed by atoms with Crippen LogP contribution in [0.25, 0.3) is 0 Å². The molecule has 5 atom stereocenters. The van der Waals surface area contributed by atoms with Crippen molar-refractivity contribution >= 4 is 35.2 Å². The van der Waals surface area contributed by atoms with Gasteiger partial charge in [-0.2, -0.15) is 0 Å². The standard InChI is InChI=1S/C29H36N2O5S/c1-19-10-11-20(2)21(18-19)30-15-9-13-29-22(25(33)31(14-6-7-16-32)24(29)26(30)34)23-27(35)36-17-8-4-5-12-28(23,3)37-29/h5,9-13,18,22-24,32H,4,6-8,14-17H2,1-3H3/b12-5-/t22-,23-,24?,28+,29-/m0/s1. The molecule has 1 aromatic rings. The monoisotopic (exact) mass is 524 g/mol. The number of benzene rings is 1. The molecule has 0 saturated carbocycles. The van der Waals surface area contributed by atoms with Gasteiger partial charge in [0.1, 0.15) is 6.04 Å². The molecule has 198 valence electrons. The van der Waals surface area contributed by atoms with Crippen LogP contribution in [-0.4, -0.2) is 69.6 Å². The number of ether oxygens (including phenoxy) is 1. The Morgan fingerprint density at radius 1 is 1.08 bits per heavy atom. The molecule has 0 radical (unpaired) electrons. The van der Waals surface area contributed by atoms with Crippen molar-refractivity contribution < 1.29 is 24.2 Å². The summed E-state index contributed by atoms with van der Waals surface area (Å²) in [6.07, 6.45) is 10.8. The lowest BCUT2D eigenvalue weighted by Gasteiger charge is -2.37. The number of carbonyl (C=O) groups excluding carboxylic acids is 3. The maximum atomic E-state index is 14.5. The Kier molecular flexibility index (Phi) is 7.00. The number of aliphatic hydroxyl groups excluding tert-OH is 1. The molecule has 8 heteroatoms. The molecule has 2 amide bonds. The van der Waals surface area contributed by atoms with Gasteiger partial charge in [-0.1, -0.05) is 36.4 Å². The zero-order valence-electron chi connectivity index (χ0n) is 21.8. The Morgan fingerprint density at radius 3 is 2.68 bits per heavy atom. The first kappa shape index (κ1) is 26.0. The number of rotatable bonds is 5. The molecule has 0 aromatic heterocycles. The Balaban J connectivity index is 1.64. The maximum absolute atomic E-state index is 14.5. The van der Waals surface area contributed by atoms with Crippen molar-refractivity contribution in [1.82, 2.24) is 4.90 Å². The highest BCUT2D eigenvalue weighted by molar-refractivity contribution is 8.02. The second kappa shape index (κ2) is 9.95. The van der Waals surface area contributed by atoms with Crippen molar-refractivity contribution in [2.45, 2.75) is 62.0 Å². The number of amides is 2. The first-order valence-corrected chi connectivity index (χ1v) is 14.1. The summed E-state index contributed by atoms with van der Waals surface area (Å²) in [7, 11) is 0. The van der Waals surface area contributed by atoms with E-state index in [4.69, 9.17) is 4.74 Å². The molecule has 4 heterocycles. The summed E-state index contributed by atoms with van der Waals surface area (Å²) in [5, 5.41) is 9.39. The van der Waals surface area contributed by atoms with Crippen molar-refractivity contribution in [2.75, 3.05) is 31.2 Å². The molecule has 37 heavy (non-hydrogen) atoms. The number of hydrogen-bond acceptors (Lipinski definition) is 6. The summed E-state index contributed by atoms with van der Waals surface area (Å²) in [5.74, 6) is -2.04. The molecule has 5 rings (SSSR count). The quantitative estimate of drug-likeness (QED) is 0.360. The zero-order chi connectivity index (χ0) is 26.4. The predicted molar refractivity (Wildman–Crippen MR) is 144 cm³/mol. The number of carbonyl (C=O) groups is 3. The molecule has 7 nitrogen and oxygen atoms in total. The van der Waals surface area contributed by atoms with Crippen LogP contribution in [-0.2, 0) is 19.1 Å². The highest BCUT2D eigenvalue weighted by Gasteiger charge is 2.73. The summed E-state index contributed by atoms with van der Waals surface area (Å²) in [6, 6.07) is 5.31. The molecule has 0 bridgehead atoms. The van der Waals surface area contributed by atoms with Crippen molar-refractivity contribution in [1.29, 1.82) is 0 Å². The minimum atomic E-state index is -0.887. The molecular formula is C29H36N2O5S. The summed E-state index contributed by atoms with van der Waals surface area (Å²) >= 11 is 1.57. The van der Waals surface area contributed by atoms with E-state index in [1.54, 1.807) is 21.6 Å². The lowest BCUT2D eigenvalue weighted by atomic mass is 9.74. The van der Waals surface area contributed by atoms with Crippen molar-refractivity contribution in [2.24, 2.45) is 11.8 Å². The highest BCUT2D eigenvalue weighted by atomic mass is 32.2. The van der Waals surface area contributed by atoms with Crippen LogP contribution >= 0.6 is 11.8 Å². The van der Waals surface area contributed by atoms with Crippen LogP contribution in [0.5, 0.6) is 0 Å². The fourth-order valence-electron chi connectivity index (χ4n) is 6.49. The molecule has 2 saturated heterocycles. The third kappa shape index (κ3) is 4.22. The van der Waals surface area contributed by atoms with Gasteiger partial charge < -0.3 is 19.6 Å². The van der Waals surface area contributed by atoms with E-state index in [2.05, 4.69) is 12.2 Å². The minimum Gasteiger partial charge on any atom is -0.465 e. The largest absolute Gasteiger partial charge is 0.465 e. The molecule has 2 fully saturated rings. The first-order chi connectivity index (χ1) is 17.7. The number of fused-ring (bicyclic) bond motifs is 2. The van der Waals surface area contributed by atoms with Crippen LogP contribution in [0.4, 0.5) is 5.69 Å². The van der Waals surface area contributed by atoms with E-state index in [0.29, 0.717) is 32.5 Å². The van der Waals surface area contributed by atoms with E-state index >= 15 is 0 Å². The van der Waals surface area contributed by atoms with Gasteiger partial charge in [-0.05, 0) is 63.6 Å². The number of hydrogen-bond donors (Lipinski definition) is 1. The van der Waals surface area contributed by atoms with Gasteiger partial charge in [0.2, 0.25) is 5.91 Å². The van der Waals surface area contributed by atoms with E-state index in [9.17, 15) is 19.5 Å². The van der Waals surface area contributed by atoms with Gasteiger partial charge in [0.05, 0.1) is 23.2 Å². The molecule has 1 N–H and O–H groups in total. The van der Waals surface area contributed by atoms with Crippen LogP contribution in [0, 0.1) is 25.7 Å². The predicted octanol–water partition coefficient (Wildman–Crippen LogP) is 3.56. The number of aliphatic hydroxyl groups is 1. The third-order valence-electron chi connectivity index (χ3n) is 8.21. The van der Waals surface area contributed by atoms with Crippen molar-refractivity contribution in [3.63, 3.8) is 0 Å². The van der Waals surface area contributed by atoms with Crippen LogP contribution in [0.1, 0.15) is 43.7 Å². The van der Waals surface area contributed by atoms with Crippen LogP contribution in [0.2, 0.25) is 0 Å². The molecule has 4 aliphatic rings. The lowest BCUT2D eigenvalue weighted by Crippen LogP contribution is -2.53. The number of nitrogens with zero attached hydrogens (tertiary/aromatic N) is 2. The number of esters is 1. The number of cyclic esters (lactones) is 1. The van der Waals surface area contributed by atoms with E-state index in [0.717, 1.165) is 29.7 Å². The number of likely N-dealkylation sites (tertiary alicyclic amines) is 1. The average molecular weight is 525 g/mol. The Morgan fingerprint density at radius 2 is 1.89 bits per heavy atom. The van der Waals surface area contributed by atoms with Crippen LogP contribution in [0.15, 0.2) is 42.5 Å². The third-order valence-corrected chi connectivity index (χ3v) is 10.0. The molecule has 1 spiro atoms. The SMILES string of the molecule is Cc1ccc(C)c(N2CC=C[C@]34S[C@]5(C)/C=C\CCCOC(=O)[C@@H]5[C@H]3C(=O)N(CCCCO)C4C2=O)c1. The van der Waals surface area contributed by atoms with E-state index in [-0.39, 0.29) is 24.4 Å². The van der Waals surface area contributed by atoms with Gasteiger partial charge in [-0.15, -0.1) is 11.8 Å². The minimum absolute atomic E-state index is 0.0241. The normalized spacial score (nSPS) is 34.2. The summed E-state index contributed by atoms with van der Waals surface area (Å²) in [4.78, 5) is 45.6. The second-order valence-corrected chi connectivity index (χ2v) is 12.6. The maximum Gasteiger partial charge on any atom is 0.311 e. The molecule has 1 unspecified atom stereocenters.